The molecule has 0 atom stereocenters. The van der Waals surface area contributed by atoms with E-state index in [0.717, 1.165) is 33.3 Å². The normalized spacial score (nSPS) is 14.5. The van der Waals surface area contributed by atoms with Crippen LogP contribution >= 0.6 is 23.1 Å². The third-order valence-corrected chi connectivity index (χ3v) is 5.30. The van der Waals surface area contributed by atoms with Crippen molar-refractivity contribution in [2.24, 2.45) is 0 Å². The van der Waals surface area contributed by atoms with Gasteiger partial charge in [0.2, 0.25) is 0 Å². The van der Waals surface area contributed by atoms with Crippen LogP contribution < -0.4 is 0 Å². The largest absolute Gasteiger partial charge is 0.293 e. The van der Waals surface area contributed by atoms with Gasteiger partial charge < -0.3 is 0 Å². The zero-order chi connectivity index (χ0) is 13.2. The predicted octanol–water partition coefficient (Wildman–Crippen LogP) is 4.09. The highest BCUT2D eigenvalue weighted by Gasteiger charge is 2.21. The van der Waals surface area contributed by atoms with Gasteiger partial charge in [-0.05, 0) is 31.0 Å². The van der Waals surface area contributed by atoms with Gasteiger partial charge in [0.1, 0.15) is 10.8 Å². The number of Topliss-reactive ketones (excluding diaryl/α,β-unsaturated/α-hetero) is 1. The standard InChI is InChI=1S/C14H12FNOS2/c15-9-3-1-4-10(7-9)18-8-13-16-11-5-2-6-12(17)14(11)19-13/h1,3-4,7H,2,5-6,8H2. The Labute approximate surface area is 119 Å². The second-order valence-corrected chi connectivity index (χ2v) is 6.54. The van der Waals surface area contributed by atoms with Crippen molar-refractivity contribution in [2.75, 3.05) is 0 Å². The highest BCUT2D eigenvalue weighted by molar-refractivity contribution is 7.98. The summed E-state index contributed by atoms with van der Waals surface area (Å²) in [6, 6.07) is 6.54. The number of hydrogen-bond donors (Lipinski definition) is 0. The lowest BCUT2D eigenvalue weighted by Gasteiger charge is -2.06. The fourth-order valence-electron chi connectivity index (χ4n) is 2.08. The second-order valence-electron chi connectivity index (χ2n) is 4.41. The monoisotopic (exact) mass is 293 g/mol. The Morgan fingerprint density at radius 1 is 1.37 bits per heavy atom. The van der Waals surface area contributed by atoms with Crippen molar-refractivity contribution >= 4 is 28.9 Å². The first kappa shape index (κ1) is 12.8. The number of halogens is 1. The van der Waals surface area contributed by atoms with Gasteiger partial charge in [-0.2, -0.15) is 0 Å². The zero-order valence-corrected chi connectivity index (χ0v) is 11.8. The average molecular weight is 293 g/mol. The van der Waals surface area contributed by atoms with E-state index in [9.17, 15) is 9.18 Å². The van der Waals surface area contributed by atoms with E-state index < -0.39 is 0 Å². The summed E-state index contributed by atoms with van der Waals surface area (Å²) < 4.78 is 13.1. The Bertz CT molecular complexity index is 624. The van der Waals surface area contributed by atoms with Crippen LogP contribution in [0.15, 0.2) is 29.2 Å². The highest BCUT2D eigenvalue weighted by Crippen LogP contribution is 2.30. The number of fused-ring (bicyclic) bond motifs is 1. The van der Waals surface area contributed by atoms with Crippen molar-refractivity contribution in [1.29, 1.82) is 0 Å². The van der Waals surface area contributed by atoms with Crippen molar-refractivity contribution in [3.63, 3.8) is 0 Å². The number of rotatable bonds is 3. The van der Waals surface area contributed by atoms with Crippen LogP contribution in [-0.4, -0.2) is 10.8 Å². The molecule has 19 heavy (non-hydrogen) atoms. The Hall–Kier alpha value is -1.20. The number of aromatic nitrogens is 1. The van der Waals surface area contributed by atoms with Crippen molar-refractivity contribution < 1.29 is 9.18 Å². The molecule has 1 aromatic heterocycles. The first-order chi connectivity index (χ1) is 9.22. The fraction of sp³-hybridized carbons (Fsp3) is 0.286. The van der Waals surface area contributed by atoms with Crippen LogP contribution in [0.25, 0.3) is 0 Å². The average Bonchev–Trinajstić information content (AvgIpc) is 2.81. The predicted molar refractivity (Wildman–Crippen MR) is 75.3 cm³/mol. The molecule has 2 nitrogen and oxygen atoms in total. The van der Waals surface area contributed by atoms with Crippen LogP contribution in [0.2, 0.25) is 0 Å². The lowest BCUT2D eigenvalue weighted by atomic mass is 10.0. The Kier molecular flexibility index (Phi) is 3.66. The smallest absolute Gasteiger partial charge is 0.174 e. The summed E-state index contributed by atoms with van der Waals surface area (Å²) in [7, 11) is 0. The summed E-state index contributed by atoms with van der Waals surface area (Å²) in [6.07, 6.45) is 2.46. The summed E-state index contributed by atoms with van der Waals surface area (Å²) in [5.41, 5.74) is 0.955. The van der Waals surface area contributed by atoms with Crippen molar-refractivity contribution in [2.45, 2.75) is 29.9 Å². The molecule has 0 fully saturated rings. The molecule has 1 aliphatic rings. The number of hydrogen-bond acceptors (Lipinski definition) is 4. The lowest BCUT2D eigenvalue weighted by molar-refractivity contribution is 0.0976. The molecule has 0 saturated carbocycles. The summed E-state index contributed by atoms with van der Waals surface area (Å²) in [5.74, 6) is 0.688. The number of thiazole rings is 1. The molecule has 0 spiro atoms. The van der Waals surface area contributed by atoms with Crippen molar-refractivity contribution in [1.82, 2.24) is 4.98 Å². The van der Waals surface area contributed by atoms with Gasteiger partial charge in [-0.25, -0.2) is 9.37 Å². The van der Waals surface area contributed by atoms with Crippen LogP contribution in [0, 0.1) is 5.82 Å². The number of carbonyl (C=O) groups excluding carboxylic acids is 1. The second kappa shape index (κ2) is 5.43. The lowest BCUT2D eigenvalue weighted by Crippen LogP contribution is -2.07. The van der Waals surface area contributed by atoms with Crippen LogP contribution in [0.1, 0.15) is 33.2 Å². The van der Waals surface area contributed by atoms with E-state index in [4.69, 9.17) is 0 Å². The number of carbonyl (C=O) groups is 1. The van der Waals surface area contributed by atoms with Gasteiger partial charge in [0.15, 0.2) is 5.78 Å². The number of nitrogens with zero attached hydrogens (tertiary/aromatic N) is 1. The van der Waals surface area contributed by atoms with Crippen LogP contribution in [0.5, 0.6) is 0 Å². The van der Waals surface area contributed by atoms with E-state index >= 15 is 0 Å². The topological polar surface area (TPSA) is 30.0 Å². The number of aryl methyl sites for hydroxylation is 1. The van der Waals surface area contributed by atoms with E-state index in [2.05, 4.69) is 4.98 Å². The molecular weight excluding hydrogens is 281 g/mol. The summed E-state index contributed by atoms with van der Waals surface area (Å²) in [5, 5.41) is 0.953. The van der Waals surface area contributed by atoms with Gasteiger partial charge in [-0.15, -0.1) is 23.1 Å². The molecule has 3 rings (SSSR count). The van der Waals surface area contributed by atoms with E-state index in [0.29, 0.717) is 12.2 Å². The van der Waals surface area contributed by atoms with Gasteiger partial charge >= 0.3 is 0 Å². The minimum atomic E-state index is -0.224. The molecule has 98 valence electrons. The maximum Gasteiger partial charge on any atom is 0.174 e. The summed E-state index contributed by atoms with van der Waals surface area (Å²) in [4.78, 5) is 18.0. The number of benzene rings is 1. The SMILES string of the molecule is O=C1CCCc2nc(CSc3cccc(F)c3)sc21. The van der Waals surface area contributed by atoms with E-state index in [1.54, 1.807) is 17.8 Å². The molecule has 0 radical (unpaired) electrons. The molecule has 0 unspecified atom stereocenters. The molecule has 0 bridgehead atoms. The van der Waals surface area contributed by atoms with E-state index in [1.807, 2.05) is 6.07 Å². The third kappa shape index (κ3) is 2.87. The molecule has 0 aliphatic heterocycles. The third-order valence-electron chi connectivity index (χ3n) is 2.97. The maximum atomic E-state index is 13.1. The molecule has 1 aromatic carbocycles. The fourth-order valence-corrected chi connectivity index (χ4v) is 4.09. The quantitative estimate of drug-likeness (QED) is 0.798. The molecule has 5 heteroatoms. The number of thioether (sulfide) groups is 1. The van der Waals surface area contributed by atoms with Gasteiger partial charge in [-0.1, -0.05) is 6.07 Å². The Morgan fingerprint density at radius 2 is 2.26 bits per heavy atom. The van der Waals surface area contributed by atoms with Gasteiger partial charge in [0.05, 0.1) is 16.3 Å². The van der Waals surface area contributed by atoms with Gasteiger partial charge in [0, 0.05) is 11.3 Å². The Balaban J connectivity index is 1.72. The van der Waals surface area contributed by atoms with Crippen molar-refractivity contribution in [3.8, 4) is 0 Å². The van der Waals surface area contributed by atoms with Crippen molar-refractivity contribution in [3.05, 3.63) is 45.7 Å². The van der Waals surface area contributed by atoms with Crippen LogP contribution in [-0.2, 0) is 12.2 Å². The molecular formula is C14H12FNOS2. The van der Waals surface area contributed by atoms with E-state index in [1.165, 1.54) is 23.5 Å². The molecule has 0 saturated heterocycles. The number of ketones is 1. The van der Waals surface area contributed by atoms with Gasteiger partial charge in [0.25, 0.3) is 0 Å². The van der Waals surface area contributed by atoms with Crippen LogP contribution in [0.4, 0.5) is 4.39 Å². The first-order valence-electron chi connectivity index (χ1n) is 6.12. The van der Waals surface area contributed by atoms with Crippen LogP contribution in [0.3, 0.4) is 0 Å². The first-order valence-corrected chi connectivity index (χ1v) is 7.93. The molecule has 0 N–H and O–H groups in total. The highest BCUT2D eigenvalue weighted by atomic mass is 32.2. The van der Waals surface area contributed by atoms with Gasteiger partial charge in [-0.3, -0.25) is 4.79 Å². The minimum absolute atomic E-state index is 0.223. The minimum Gasteiger partial charge on any atom is -0.293 e. The Morgan fingerprint density at radius 3 is 3.05 bits per heavy atom. The zero-order valence-electron chi connectivity index (χ0n) is 10.2. The molecule has 2 aromatic rings. The van der Waals surface area contributed by atoms with E-state index in [-0.39, 0.29) is 11.6 Å². The molecule has 0 amide bonds. The molecule has 1 heterocycles. The molecule has 1 aliphatic carbocycles. The summed E-state index contributed by atoms with van der Waals surface area (Å²) in [6.45, 7) is 0. The maximum absolute atomic E-state index is 13.1. The summed E-state index contributed by atoms with van der Waals surface area (Å²) >= 11 is 3.04.